The highest BCUT2D eigenvalue weighted by Gasteiger charge is 2.43. The highest BCUT2D eigenvalue weighted by atomic mass is 16.5. The number of nitriles is 1. The molecular weight excluding hydrogens is 470 g/mol. The first-order valence-electron chi connectivity index (χ1n) is 13.8. The lowest BCUT2D eigenvalue weighted by Crippen LogP contribution is -2.56. The van der Waals surface area contributed by atoms with Crippen LogP contribution in [0.1, 0.15) is 72.3 Å². The molecule has 0 saturated carbocycles. The van der Waals surface area contributed by atoms with Gasteiger partial charge in [0.15, 0.2) is 5.78 Å². The maximum Gasteiger partial charge on any atom is 0.193 e. The van der Waals surface area contributed by atoms with Gasteiger partial charge in [-0.15, -0.1) is 0 Å². The zero-order chi connectivity index (χ0) is 26.6. The normalized spacial score (nSPS) is 20.3. The van der Waals surface area contributed by atoms with Crippen LogP contribution in [0.25, 0.3) is 5.57 Å². The van der Waals surface area contributed by atoms with Crippen LogP contribution < -0.4 is 4.90 Å². The van der Waals surface area contributed by atoms with Gasteiger partial charge in [0, 0.05) is 54.7 Å². The number of ether oxygens (including phenoxy) is 1. The van der Waals surface area contributed by atoms with Crippen LogP contribution in [0.5, 0.6) is 0 Å². The van der Waals surface area contributed by atoms with E-state index in [2.05, 4.69) is 67.5 Å². The molecule has 0 atom stereocenters. The van der Waals surface area contributed by atoms with Gasteiger partial charge in [-0.1, -0.05) is 45.6 Å². The van der Waals surface area contributed by atoms with Crippen molar-refractivity contribution in [2.24, 2.45) is 5.92 Å². The second kappa shape index (κ2) is 9.42. The van der Waals surface area contributed by atoms with Crippen molar-refractivity contribution in [1.29, 1.82) is 5.26 Å². The molecular formula is C33H35N3O2. The summed E-state index contributed by atoms with van der Waals surface area (Å²) in [7, 11) is 0. The molecule has 2 aromatic carbocycles. The molecule has 5 nitrogen and oxygen atoms in total. The Balaban J connectivity index is 1.41. The third kappa shape index (κ3) is 4.06. The molecule has 2 aromatic rings. The number of carbonyl (C=O) groups excluding carboxylic acids is 1. The summed E-state index contributed by atoms with van der Waals surface area (Å²) in [6.45, 7) is 14.4. The monoisotopic (exact) mass is 505 g/mol. The maximum absolute atomic E-state index is 14.1. The van der Waals surface area contributed by atoms with Gasteiger partial charge >= 0.3 is 0 Å². The van der Waals surface area contributed by atoms with Gasteiger partial charge in [-0.3, -0.25) is 9.69 Å². The molecule has 0 bridgehead atoms. The van der Waals surface area contributed by atoms with Crippen molar-refractivity contribution in [2.45, 2.75) is 52.0 Å². The fraction of sp³-hybridized carbons (Fsp3) is 0.455. The summed E-state index contributed by atoms with van der Waals surface area (Å²) in [6.07, 6.45) is 1.54. The van der Waals surface area contributed by atoms with Crippen molar-refractivity contribution >= 4 is 17.0 Å². The molecule has 0 aromatic heterocycles. The number of anilines is 1. The van der Waals surface area contributed by atoms with Crippen LogP contribution in [0.15, 0.2) is 35.9 Å². The van der Waals surface area contributed by atoms with Crippen molar-refractivity contribution in [1.82, 2.24) is 4.90 Å². The molecule has 4 aliphatic rings. The van der Waals surface area contributed by atoms with Crippen LogP contribution in [0.2, 0.25) is 0 Å². The van der Waals surface area contributed by atoms with Crippen LogP contribution >= 0.6 is 0 Å². The molecule has 38 heavy (non-hydrogen) atoms. The summed E-state index contributed by atoms with van der Waals surface area (Å²) in [5.74, 6) is 7.43. The Hall–Kier alpha value is -3.38. The van der Waals surface area contributed by atoms with E-state index in [4.69, 9.17) is 4.74 Å². The average molecular weight is 506 g/mol. The van der Waals surface area contributed by atoms with Crippen molar-refractivity contribution < 1.29 is 9.53 Å². The second-order valence-corrected chi connectivity index (χ2v) is 12.0. The molecule has 0 unspecified atom stereocenters. The minimum absolute atomic E-state index is 0.0889. The number of rotatable bonds is 3. The maximum atomic E-state index is 14.1. The van der Waals surface area contributed by atoms with Crippen LogP contribution in [0.3, 0.4) is 0 Å². The summed E-state index contributed by atoms with van der Waals surface area (Å²) < 4.78 is 5.42. The zero-order valence-electron chi connectivity index (χ0n) is 22.9. The lowest BCUT2D eigenvalue weighted by atomic mass is 9.68. The molecule has 2 aliphatic carbocycles. The Kier molecular flexibility index (Phi) is 6.18. The molecule has 6 rings (SSSR count). The zero-order valence-corrected chi connectivity index (χ0v) is 22.9. The van der Waals surface area contributed by atoms with Gasteiger partial charge in [0.05, 0.1) is 36.6 Å². The quantitative estimate of drug-likeness (QED) is 0.552. The predicted octanol–water partition coefficient (Wildman–Crippen LogP) is 4.96. The number of allylic oxidation sites excluding steroid dienone is 2. The number of nitrogens with zero attached hydrogens (tertiary/aromatic N) is 3. The number of carbonyl (C=O) groups is 1. The molecule has 2 saturated heterocycles. The summed E-state index contributed by atoms with van der Waals surface area (Å²) in [4.78, 5) is 19.1. The van der Waals surface area contributed by atoms with Crippen molar-refractivity contribution in [2.75, 3.05) is 44.3 Å². The van der Waals surface area contributed by atoms with Gasteiger partial charge in [0.1, 0.15) is 0 Å². The lowest BCUT2D eigenvalue weighted by molar-refractivity contribution is -0.0660. The van der Waals surface area contributed by atoms with Gasteiger partial charge in [-0.2, -0.15) is 5.26 Å². The standard InChI is InChI=1S/C33H35N3O2/c1-21(2)6-5-7-23-15-27-28(17-30(23)36-12-10-35(11-13-36)25-19-38-20-25)33(3,4)29-16-24-14-22(18-34)8-9-26(24)31(29)32(27)37/h8-9,14-15,17,21,25H,6,10-13,16,19-20H2,1-4H3. The summed E-state index contributed by atoms with van der Waals surface area (Å²) in [6, 6.07) is 12.9. The number of benzene rings is 2. The summed E-state index contributed by atoms with van der Waals surface area (Å²) in [5.41, 5.74) is 8.37. The van der Waals surface area contributed by atoms with Gasteiger partial charge in [0.2, 0.25) is 0 Å². The first-order chi connectivity index (χ1) is 18.3. The summed E-state index contributed by atoms with van der Waals surface area (Å²) >= 11 is 0. The Morgan fingerprint density at radius 3 is 2.50 bits per heavy atom. The first-order valence-corrected chi connectivity index (χ1v) is 13.8. The van der Waals surface area contributed by atoms with Crippen molar-refractivity contribution in [3.63, 3.8) is 0 Å². The Labute approximate surface area is 226 Å². The smallest absolute Gasteiger partial charge is 0.193 e. The van der Waals surface area contributed by atoms with E-state index in [1.807, 2.05) is 18.2 Å². The van der Waals surface area contributed by atoms with Gasteiger partial charge in [-0.25, -0.2) is 0 Å². The number of piperazine rings is 1. The number of hydrogen-bond acceptors (Lipinski definition) is 5. The van der Waals surface area contributed by atoms with Crippen LogP contribution in [0, 0.1) is 29.1 Å². The van der Waals surface area contributed by atoms with Crippen molar-refractivity contribution in [3.05, 3.63) is 69.3 Å². The number of ketones is 1. The molecule has 0 spiro atoms. The highest BCUT2D eigenvalue weighted by Crippen LogP contribution is 2.51. The number of Topliss-reactive ketones (excluding diaryl/α,β-unsaturated/α-hetero) is 1. The fourth-order valence-electron chi connectivity index (χ4n) is 6.35. The lowest BCUT2D eigenvalue weighted by Gasteiger charge is -2.44. The van der Waals surface area contributed by atoms with E-state index < -0.39 is 0 Å². The van der Waals surface area contributed by atoms with E-state index in [9.17, 15) is 10.1 Å². The minimum atomic E-state index is -0.297. The van der Waals surface area contributed by atoms with Crippen LogP contribution in [-0.4, -0.2) is 56.1 Å². The second-order valence-electron chi connectivity index (χ2n) is 12.0. The third-order valence-corrected chi connectivity index (χ3v) is 8.73. The summed E-state index contributed by atoms with van der Waals surface area (Å²) in [5, 5.41) is 9.42. The van der Waals surface area contributed by atoms with E-state index in [1.54, 1.807) is 0 Å². The van der Waals surface area contributed by atoms with Gasteiger partial charge < -0.3 is 9.64 Å². The van der Waals surface area contributed by atoms with Crippen LogP contribution in [-0.2, 0) is 16.6 Å². The molecule has 5 heteroatoms. The van der Waals surface area contributed by atoms with Crippen molar-refractivity contribution in [3.8, 4) is 17.9 Å². The number of hydrogen-bond donors (Lipinski definition) is 0. The minimum Gasteiger partial charge on any atom is -0.378 e. The Morgan fingerprint density at radius 1 is 1.08 bits per heavy atom. The van der Waals surface area contributed by atoms with E-state index in [-0.39, 0.29) is 11.2 Å². The fourth-order valence-corrected chi connectivity index (χ4v) is 6.35. The largest absolute Gasteiger partial charge is 0.378 e. The molecule has 0 N–H and O–H groups in total. The third-order valence-electron chi connectivity index (χ3n) is 8.73. The molecule has 2 heterocycles. The first kappa shape index (κ1) is 24.9. The molecule has 194 valence electrons. The van der Waals surface area contributed by atoms with E-state index >= 15 is 0 Å². The Bertz CT molecular complexity index is 1450. The molecule has 2 fully saturated rings. The predicted molar refractivity (Wildman–Crippen MR) is 150 cm³/mol. The molecule has 0 amide bonds. The average Bonchev–Trinajstić information content (AvgIpc) is 3.26. The van der Waals surface area contributed by atoms with Crippen LogP contribution in [0.4, 0.5) is 5.69 Å². The van der Waals surface area contributed by atoms with Gasteiger partial charge in [0.25, 0.3) is 0 Å². The highest BCUT2D eigenvalue weighted by molar-refractivity contribution is 6.33. The molecule has 0 radical (unpaired) electrons. The Morgan fingerprint density at radius 2 is 1.84 bits per heavy atom. The SMILES string of the molecule is CC(C)CC#Cc1cc2c(cc1N1CCN(C3COC3)CC1)C(C)(C)C1=C(C2=O)c2ccc(C#N)cc2C1. The van der Waals surface area contributed by atoms with E-state index in [0.717, 1.165) is 84.9 Å². The molecule has 2 aliphatic heterocycles. The van der Waals surface area contributed by atoms with E-state index in [0.29, 0.717) is 23.9 Å². The topological polar surface area (TPSA) is 56.6 Å². The van der Waals surface area contributed by atoms with E-state index in [1.165, 1.54) is 5.57 Å². The van der Waals surface area contributed by atoms with Gasteiger partial charge in [-0.05, 0) is 58.9 Å². The number of fused-ring (bicyclic) bond motifs is 3.